The molecule has 0 saturated heterocycles. The molecule has 0 radical (unpaired) electrons. The molecule has 3 nitrogen and oxygen atoms in total. The molecular formula is C10H9Br2NO2. The predicted molar refractivity (Wildman–Crippen MR) is 67.6 cm³/mol. The van der Waals surface area contributed by atoms with Crippen molar-refractivity contribution in [1.82, 2.24) is 0 Å². The Hall–Kier alpha value is -0.810. The van der Waals surface area contributed by atoms with Crippen molar-refractivity contribution in [3.8, 4) is 5.75 Å². The maximum absolute atomic E-state index is 11.4. The summed E-state index contributed by atoms with van der Waals surface area (Å²) in [4.78, 5) is 12.9. The van der Waals surface area contributed by atoms with E-state index in [1.54, 1.807) is 31.4 Å². The van der Waals surface area contributed by atoms with Crippen LogP contribution >= 0.6 is 31.9 Å². The van der Waals surface area contributed by atoms with E-state index >= 15 is 0 Å². The molecule has 0 unspecified atom stereocenters. The van der Waals surface area contributed by atoms with Gasteiger partial charge < -0.3 is 10.1 Å². The number of halogens is 2. The van der Waals surface area contributed by atoms with Crippen molar-refractivity contribution in [1.29, 1.82) is 0 Å². The summed E-state index contributed by atoms with van der Waals surface area (Å²) in [6.45, 7) is 0. The van der Waals surface area contributed by atoms with Crippen molar-refractivity contribution in [2.24, 2.45) is 0 Å². The lowest BCUT2D eigenvalue weighted by atomic mass is 10.3. The van der Waals surface area contributed by atoms with E-state index in [9.17, 15) is 4.79 Å². The zero-order chi connectivity index (χ0) is 11.3. The van der Waals surface area contributed by atoms with Crippen LogP contribution in [0, 0.1) is 0 Å². The summed E-state index contributed by atoms with van der Waals surface area (Å²) in [5.41, 5.74) is 0.715. The average Bonchev–Trinajstić information content (AvgIpc) is 2.29. The number of carbonyl (C=O) groups excluding carboxylic acids is 1. The van der Waals surface area contributed by atoms with Gasteiger partial charge >= 0.3 is 0 Å². The first-order chi connectivity index (χ1) is 7.17. The number of hydrogen-bond donors (Lipinski definition) is 1. The highest BCUT2D eigenvalue weighted by atomic mass is 79.9. The number of anilines is 1. The van der Waals surface area contributed by atoms with E-state index in [4.69, 9.17) is 4.74 Å². The zero-order valence-corrected chi connectivity index (χ0v) is 11.1. The Morgan fingerprint density at radius 1 is 1.40 bits per heavy atom. The van der Waals surface area contributed by atoms with Crippen LogP contribution in [0.1, 0.15) is 0 Å². The largest absolute Gasteiger partial charge is 0.497 e. The molecule has 5 heteroatoms. The van der Waals surface area contributed by atoms with E-state index in [-0.39, 0.29) is 5.91 Å². The molecule has 1 aromatic rings. The number of amides is 1. The number of rotatable bonds is 3. The van der Waals surface area contributed by atoms with Crippen LogP contribution in [-0.2, 0) is 4.79 Å². The number of carbonyl (C=O) groups is 1. The second-order valence-electron chi connectivity index (χ2n) is 2.64. The monoisotopic (exact) mass is 333 g/mol. The molecule has 15 heavy (non-hydrogen) atoms. The molecule has 0 aliphatic rings. The van der Waals surface area contributed by atoms with E-state index in [2.05, 4.69) is 37.2 Å². The highest BCUT2D eigenvalue weighted by Crippen LogP contribution is 2.17. The first kappa shape index (κ1) is 12.3. The lowest BCUT2D eigenvalue weighted by molar-refractivity contribution is -0.112. The van der Waals surface area contributed by atoms with E-state index in [0.717, 1.165) is 5.75 Å². The lowest BCUT2D eigenvalue weighted by Crippen LogP contribution is -2.10. The van der Waals surface area contributed by atoms with Gasteiger partial charge in [-0.05, 0) is 40.2 Å². The van der Waals surface area contributed by atoms with E-state index in [0.29, 0.717) is 10.2 Å². The number of nitrogens with one attached hydrogen (secondary N) is 1. The molecule has 0 fully saturated rings. The smallest absolute Gasteiger partial charge is 0.263 e. The molecule has 80 valence electrons. The highest BCUT2D eigenvalue weighted by Gasteiger charge is 2.05. The third kappa shape index (κ3) is 3.68. The Bertz CT molecular complexity index is 374. The second-order valence-corrected chi connectivity index (χ2v) is 3.95. The van der Waals surface area contributed by atoms with Gasteiger partial charge in [-0.25, -0.2) is 0 Å². The molecule has 0 aromatic heterocycles. The molecule has 0 bridgehead atoms. The summed E-state index contributed by atoms with van der Waals surface area (Å²) in [6.07, 6.45) is 0. The average molecular weight is 335 g/mol. The predicted octanol–water partition coefficient (Wildman–Crippen LogP) is 3.26. The second kappa shape index (κ2) is 5.92. The minimum atomic E-state index is -0.211. The van der Waals surface area contributed by atoms with Crippen molar-refractivity contribution in [2.45, 2.75) is 0 Å². The Morgan fingerprint density at radius 3 is 2.47 bits per heavy atom. The Kier molecular flexibility index (Phi) is 4.84. The van der Waals surface area contributed by atoms with Crippen LogP contribution < -0.4 is 10.1 Å². The molecule has 0 aliphatic carbocycles. The van der Waals surface area contributed by atoms with Crippen molar-refractivity contribution in [2.75, 3.05) is 12.4 Å². The highest BCUT2D eigenvalue weighted by molar-refractivity contribution is 9.14. The van der Waals surface area contributed by atoms with Crippen LogP contribution in [0.4, 0.5) is 5.69 Å². The Labute approximate surface area is 105 Å². The van der Waals surface area contributed by atoms with Crippen LogP contribution in [-0.4, -0.2) is 13.0 Å². The van der Waals surface area contributed by atoms with Gasteiger partial charge in [-0.2, -0.15) is 0 Å². The Balaban J connectivity index is 2.69. The van der Waals surface area contributed by atoms with Gasteiger partial charge in [0.15, 0.2) is 0 Å². The summed E-state index contributed by atoms with van der Waals surface area (Å²) in [7, 11) is 1.59. The van der Waals surface area contributed by atoms with Crippen molar-refractivity contribution in [3.05, 3.63) is 33.7 Å². The molecule has 1 rings (SSSR count). The minimum Gasteiger partial charge on any atom is -0.497 e. The maximum atomic E-state index is 11.4. The van der Waals surface area contributed by atoms with Gasteiger partial charge in [0, 0.05) is 10.7 Å². The summed E-state index contributed by atoms with van der Waals surface area (Å²) < 4.78 is 5.43. The van der Waals surface area contributed by atoms with Crippen LogP contribution in [0.15, 0.2) is 33.7 Å². The van der Waals surface area contributed by atoms with Crippen LogP contribution in [0.3, 0.4) is 0 Å². The normalized spacial score (nSPS) is 11.0. The zero-order valence-electron chi connectivity index (χ0n) is 7.96. The van der Waals surface area contributed by atoms with Gasteiger partial charge in [0.25, 0.3) is 5.91 Å². The van der Waals surface area contributed by atoms with Gasteiger partial charge in [0.1, 0.15) is 5.75 Å². The van der Waals surface area contributed by atoms with Crippen LogP contribution in [0.5, 0.6) is 5.75 Å². The fourth-order valence-electron chi connectivity index (χ4n) is 0.915. The molecule has 1 N–H and O–H groups in total. The van der Waals surface area contributed by atoms with Gasteiger partial charge in [0.05, 0.1) is 11.6 Å². The summed E-state index contributed by atoms with van der Waals surface area (Å²) in [5, 5.41) is 2.70. The quantitative estimate of drug-likeness (QED) is 0.861. The standard InChI is InChI=1S/C10H9Br2NO2/c1-15-8-4-2-7(3-5-8)13-10(14)9(12)6-11/h2-6H,1H3,(H,13,14)/b9-6-. The van der Waals surface area contributed by atoms with Gasteiger partial charge in [-0.15, -0.1) is 0 Å². The van der Waals surface area contributed by atoms with Crippen molar-refractivity contribution < 1.29 is 9.53 Å². The first-order valence-electron chi connectivity index (χ1n) is 4.08. The summed E-state index contributed by atoms with van der Waals surface area (Å²) in [5.74, 6) is 0.542. The van der Waals surface area contributed by atoms with E-state index < -0.39 is 0 Å². The van der Waals surface area contributed by atoms with Gasteiger partial charge in [-0.1, -0.05) is 15.9 Å². The van der Waals surface area contributed by atoms with Crippen molar-refractivity contribution >= 4 is 43.5 Å². The molecule has 0 aliphatic heterocycles. The third-order valence-electron chi connectivity index (χ3n) is 1.66. The molecule has 0 atom stereocenters. The molecule has 1 amide bonds. The topological polar surface area (TPSA) is 38.3 Å². The molecule has 0 spiro atoms. The maximum Gasteiger partial charge on any atom is 0.263 e. The van der Waals surface area contributed by atoms with Gasteiger partial charge in [0.2, 0.25) is 0 Å². The number of benzene rings is 1. The van der Waals surface area contributed by atoms with E-state index in [1.165, 1.54) is 4.99 Å². The summed E-state index contributed by atoms with van der Waals surface area (Å²) in [6, 6.07) is 7.10. The van der Waals surface area contributed by atoms with Gasteiger partial charge in [-0.3, -0.25) is 4.79 Å². The van der Waals surface area contributed by atoms with Crippen molar-refractivity contribution in [3.63, 3.8) is 0 Å². The molecule has 0 heterocycles. The minimum absolute atomic E-state index is 0.211. The van der Waals surface area contributed by atoms with E-state index in [1.807, 2.05) is 0 Å². The lowest BCUT2D eigenvalue weighted by Gasteiger charge is -2.04. The first-order valence-corrected chi connectivity index (χ1v) is 5.79. The number of methoxy groups -OCH3 is 1. The number of ether oxygens (including phenoxy) is 1. The third-order valence-corrected chi connectivity index (χ3v) is 3.32. The SMILES string of the molecule is COc1ccc(NC(=O)/C(Br)=C/Br)cc1. The van der Waals surface area contributed by atoms with Crippen LogP contribution in [0.2, 0.25) is 0 Å². The number of hydrogen-bond acceptors (Lipinski definition) is 2. The Morgan fingerprint density at radius 2 is 2.00 bits per heavy atom. The molecule has 1 aromatic carbocycles. The fourth-order valence-corrected chi connectivity index (χ4v) is 1.22. The fraction of sp³-hybridized carbons (Fsp3) is 0.100. The molecule has 0 saturated carbocycles. The van der Waals surface area contributed by atoms with Crippen LogP contribution in [0.25, 0.3) is 0 Å². The summed E-state index contributed by atoms with van der Waals surface area (Å²) >= 11 is 6.17. The molecular weight excluding hydrogens is 326 g/mol.